The maximum atomic E-state index is 14.0. The van der Waals surface area contributed by atoms with E-state index in [-0.39, 0.29) is 49.3 Å². The van der Waals surface area contributed by atoms with Crippen molar-refractivity contribution in [2.75, 3.05) is 57.9 Å². The predicted molar refractivity (Wildman–Crippen MR) is 167 cm³/mol. The van der Waals surface area contributed by atoms with Crippen LogP contribution >= 0.6 is 0 Å². The molecule has 0 bridgehead atoms. The van der Waals surface area contributed by atoms with E-state index in [2.05, 4.69) is 15.2 Å². The lowest BCUT2D eigenvalue weighted by Crippen LogP contribution is -2.58. The Morgan fingerprint density at radius 1 is 0.935 bits per heavy atom. The third-order valence-corrected chi connectivity index (χ3v) is 8.16. The number of nitrogens with one attached hydrogen (secondary N) is 1. The van der Waals surface area contributed by atoms with Gasteiger partial charge in [0.05, 0.1) is 36.2 Å². The number of likely N-dealkylation sites (N-methyl/N-ethyl adjacent to an activating group) is 1. The number of para-hydroxylation sites is 1. The molecule has 0 spiro atoms. The molecule has 2 aliphatic heterocycles. The Hall–Kier alpha value is -4.39. The maximum absolute atomic E-state index is 14.0. The molecular formula is C33H39F3N6O4. The highest BCUT2D eigenvalue weighted by molar-refractivity contribution is 5.99. The molecule has 0 aliphatic carbocycles. The third-order valence-electron chi connectivity index (χ3n) is 8.16. The summed E-state index contributed by atoms with van der Waals surface area (Å²) in [5.41, 5.74) is 0.371. The molecule has 1 N–H and O–H groups in total. The lowest BCUT2D eigenvalue weighted by Gasteiger charge is -2.43. The van der Waals surface area contributed by atoms with Gasteiger partial charge in [0, 0.05) is 50.4 Å². The van der Waals surface area contributed by atoms with E-state index in [4.69, 9.17) is 14.5 Å². The number of pyridine rings is 2. The van der Waals surface area contributed by atoms with Crippen molar-refractivity contribution in [2.45, 2.75) is 45.5 Å². The zero-order chi connectivity index (χ0) is 33.0. The number of aromatic nitrogens is 2. The van der Waals surface area contributed by atoms with E-state index >= 15 is 0 Å². The number of hydrogen-bond donors (Lipinski definition) is 1. The summed E-state index contributed by atoms with van der Waals surface area (Å²) in [6.45, 7) is 8.13. The van der Waals surface area contributed by atoms with Gasteiger partial charge in [-0.05, 0) is 57.6 Å². The molecule has 2 aliphatic rings. The van der Waals surface area contributed by atoms with Gasteiger partial charge in [0.15, 0.2) is 11.4 Å². The number of benzene rings is 1. The standard InChI is InChI=1S/C33H39F3N6O4/c1-5-22-20-41(32(44)24-12-15-28(46-7-3)39-30(24)33(34,35)36)16-17-42(22)26-14-13-25(23-10-8-9-11-27(23)45-6-2)38-29(26)31(43)37-21-18-40(4)19-21/h8-15,21-22H,5-7,16-20H2,1-4H3,(H,37,43)/t22-/m1/s1. The zero-order valence-corrected chi connectivity index (χ0v) is 26.4. The van der Waals surface area contributed by atoms with Gasteiger partial charge in [-0.1, -0.05) is 19.1 Å². The summed E-state index contributed by atoms with van der Waals surface area (Å²) in [5.74, 6) is -0.610. The summed E-state index contributed by atoms with van der Waals surface area (Å²) in [4.78, 5) is 41.3. The topological polar surface area (TPSA) is 100 Å². The average Bonchev–Trinajstić information content (AvgIpc) is 3.03. The summed E-state index contributed by atoms with van der Waals surface area (Å²) in [6.07, 6.45) is -4.27. The van der Waals surface area contributed by atoms with Gasteiger partial charge in [-0.2, -0.15) is 13.2 Å². The molecule has 0 saturated carbocycles. The number of carbonyl (C=O) groups excluding carboxylic acids is 2. The number of nitrogens with zero attached hydrogens (tertiary/aromatic N) is 5. The monoisotopic (exact) mass is 640 g/mol. The molecule has 4 heterocycles. The Kier molecular flexibility index (Phi) is 10.00. The molecule has 10 nitrogen and oxygen atoms in total. The molecule has 0 unspecified atom stereocenters. The number of rotatable bonds is 10. The first-order valence-corrected chi connectivity index (χ1v) is 15.5. The number of piperazine rings is 1. The summed E-state index contributed by atoms with van der Waals surface area (Å²) in [6, 6.07) is 13.3. The van der Waals surface area contributed by atoms with Crippen LogP contribution in [0.1, 0.15) is 53.7 Å². The van der Waals surface area contributed by atoms with Crippen LogP contribution in [0, 0.1) is 0 Å². The Balaban J connectivity index is 1.45. The number of ether oxygens (including phenoxy) is 2. The number of amides is 2. The van der Waals surface area contributed by atoms with Gasteiger partial charge in [-0.25, -0.2) is 9.97 Å². The number of hydrogen-bond acceptors (Lipinski definition) is 8. The average molecular weight is 641 g/mol. The van der Waals surface area contributed by atoms with E-state index < -0.39 is 23.3 Å². The third kappa shape index (κ3) is 7.04. The predicted octanol–water partition coefficient (Wildman–Crippen LogP) is 4.74. The van der Waals surface area contributed by atoms with E-state index in [9.17, 15) is 22.8 Å². The molecule has 246 valence electrons. The number of likely N-dealkylation sites (tertiary alicyclic amines) is 1. The summed E-state index contributed by atoms with van der Waals surface area (Å²) in [7, 11) is 1.98. The van der Waals surface area contributed by atoms with Crippen molar-refractivity contribution >= 4 is 17.5 Å². The van der Waals surface area contributed by atoms with Crippen LogP contribution in [0.25, 0.3) is 11.3 Å². The summed E-state index contributed by atoms with van der Waals surface area (Å²) >= 11 is 0. The van der Waals surface area contributed by atoms with Crippen molar-refractivity contribution in [3.8, 4) is 22.9 Å². The van der Waals surface area contributed by atoms with Crippen LogP contribution in [-0.2, 0) is 6.18 Å². The van der Waals surface area contributed by atoms with Crippen LogP contribution in [0.15, 0.2) is 48.5 Å². The van der Waals surface area contributed by atoms with Crippen LogP contribution in [0.5, 0.6) is 11.6 Å². The van der Waals surface area contributed by atoms with Gasteiger partial charge in [-0.15, -0.1) is 0 Å². The lowest BCUT2D eigenvalue weighted by atomic mass is 10.0. The molecule has 2 saturated heterocycles. The molecule has 46 heavy (non-hydrogen) atoms. The molecule has 1 atom stereocenters. The number of anilines is 1. The lowest BCUT2D eigenvalue weighted by molar-refractivity contribution is -0.141. The zero-order valence-electron chi connectivity index (χ0n) is 26.4. The van der Waals surface area contributed by atoms with Crippen LogP contribution in [0.2, 0.25) is 0 Å². The fourth-order valence-corrected chi connectivity index (χ4v) is 5.94. The molecular weight excluding hydrogens is 601 g/mol. The van der Waals surface area contributed by atoms with E-state index in [1.807, 2.05) is 62.2 Å². The Bertz CT molecular complexity index is 1560. The van der Waals surface area contributed by atoms with Gasteiger partial charge in [0.2, 0.25) is 5.88 Å². The van der Waals surface area contributed by atoms with Gasteiger partial charge in [-0.3, -0.25) is 9.59 Å². The van der Waals surface area contributed by atoms with Crippen molar-refractivity contribution in [2.24, 2.45) is 0 Å². The molecule has 2 amide bonds. The molecule has 5 rings (SSSR count). The fourth-order valence-electron chi connectivity index (χ4n) is 5.94. The van der Waals surface area contributed by atoms with Crippen molar-refractivity contribution in [1.82, 2.24) is 25.1 Å². The van der Waals surface area contributed by atoms with Crippen molar-refractivity contribution in [1.29, 1.82) is 0 Å². The first-order valence-electron chi connectivity index (χ1n) is 15.5. The summed E-state index contributed by atoms with van der Waals surface area (Å²) in [5, 5.41) is 3.09. The first-order chi connectivity index (χ1) is 22.0. The van der Waals surface area contributed by atoms with Crippen LogP contribution in [-0.4, -0.2) is 96.7 Å². The normalized spacial score (nSPS) is 17.4. The minimum absolute atomic E-state index is 0.00601. The second-order valence-corrected chi connectivity index (χ2v) is 11.4. The molecule has 13 heteroatoms. The Morgan fingerprint density at radius 3 is 2.35 bits per heavy atom. The molecule has 0 radical (unpaired) electrons. The molecule has 3 aromatic rings. The minimum atomic E-state index is -4.84. The highest BCUT2D eigenvalue weighted by Crippen LogP contribution is 2.35. The SMILES string of the molecule is CCOc1ccc(C(=O)N2CCN(c3ccc(-c4ccccc4OCC)nc3C(=O)NC3CN(C)C3)[C@H](CC)C2)c(C(F)(F)F)n1. The van der Waals surface area contributed by atoms with Crippen molar-refractivity contribution < 1.29 is 32.2 Å². The van der Waals surface area contributed by atoms with Crippen LogP contribution in [0.3, 0.4) is 0 Å². The maximum Gasteiger partial charge on any atom is 0.434 e. The highest BCUT2D eigenvalue weighted by Gasteiger charge is 2.40. The molecule has 2 fully saturated rings. The van der Waals surface area contributed by atoms with Gasteiger partial charge < -0.3 is 29.5 Å². The van der Waals surface area contributed by atoms with E-state index in [0.29, 0.717) is 36.7 Å². The number of alkyl halides is 3. The van der Waals surface area contributed by atoms with E-state index in [0.717, 1.165) is 24.7 Å². The van der Waals surface area contributed by atoms with E-state index in [1.54, 1.807) is 6.92 Å². The van der Waals surface area contributed by atoms with Crippen molar-refractivity contribution in [3.05, 3.63) is 65.5 Å². The van der Waals surface area contributed by atoms with Crippen LogP contribution < -0.4 is 19.7 Å². The largest absolute Gasteiger partial charge is 0.493 e. The fraction of sp³-hybridized carbons (Fsp3) is 0.455. The summed E-state index contributed by atoms with van der Waals surface area (Å²) < 4.78 is 52.8. The van der Waals surface area contributed by atoms with Crippen molar-refractivity contribution in [3.63, 3.8) is 0 Å². The first kappa shape index (κ1) is 33.0. The molecule has 2 aromatic heterocycles. The second kappa shape index (κ2) is 13.9. The van der Waals surface area contributed by atoms with E-state index in [1.165, 1.54) is 11.0 Å². The quantitative estimate of drug-likeness (QED) is 0.339. The number of halogens is 3. The molecule has 1 aromatic carbocycles. The Labute approximate surface area is 266 Å². The number of carbonyl (C=O) groups is 2. The smallest absolute Gasteiger partial charge is 0.434 e. The highest BCUT2D eigenvalue weighted by atomic mass is 19.4. The van der Waals surface area contributed by atoms with Gasteiger partial charge in [0.1, 0.15) is 5.75 Å². The van der Waals surface area contributed by atoms with Gasteiger partial charge >= 0.3 is 6.18 Å². The van der Waals surface area contributed by atoms with Gasteiger partial charge in [0.25, 0.3) is 11.8 Å². The van der Waals surface area contributed by atoms with Crippen LogP contribution in [0.4, 0.5) is 18.9 Å². The Morgan fingerprint density at radius 2 is 1.67 bits per heavy atom. The second-order valence-electron chi connectivity index (χ2n) is 11.4. The minimum Gasteiger partial charge on any atom is -0.493 e.